The molecular formula is C25H19N5O2. The van der Waals surface area contributed by atoms with E-state index in [0.717, 1.165) is 33.3 Å². The number of aromatic amines is 1. The lowest BCUT2D eigenvalue weighted by atomic mass is 10.0. The summed E-state index contributed by atoms with van der Waals surface area (Å²) in [4.78, 5) is 24.0. The molecule has 7 heteroatoms. The molecule has 0 saturated carbocycles. The normalized spacial score (nSPS) is 10.9. The Morgan fingerprint density at radius 1 is 0.938 bits per heavy atom. The van der Waals surface area contributed by atoms with Gasteiger partial charge in [0, 0.05) is 35.3 Å². The highest BCUT2D eigenvalue weighted by molar-refractivity contribution is 5.90. The molecule has 5 aromatic rings. The van der Waals surface area contributed by atoms with Crippen molar-refractivity contribution >= 4 is 16.9 Å². The molecule has 0 atom stereocenters. The molecule has 0 radical (unpaired) electrons. The fraction of sp³-hybridized carbons (Fsp3) is 0.0800. The summed E-state index contributed by atoms with van der Waals surface area (Å²) in [6, 6.07) is 19.0. The van der Waals surface area contributed by atoms with Crippen LogP contribution in [0.4, 0.5) is 0 Å². The monoisotopic (exact) mass is 421 g/mol. The van der Waals surface area contributed by atoms with Gasteiger partial charge >= 0.3 is 5.97 Å². The third-order valence-electron chi connectivity index (χ3n) is 5.27. The molecule has 32 heavy (non-hydrogen) atoms. The van der Waals surface area contributed by atoms with Gasteiger partial charge < -0.3 is 9.72 Å². The van der Waals surface area contributed by atoms with Crippen LogP contribution in [-0.4, -0.2) is 38.2 Å². The Bertz CT molecular complexity index is 1400. The van der Waals surface area contributed by atoms with E-state index in [0.29, 0.717) is 23.5 Å². The molecule has 0 aliphatic rings. The SMILES string of the molecule is COC(=O)c1ccc(-c2nnc(Cc3c[nH]c4cnccc34)nc2-c2ccccc2)cc1. The second kappa shape index (κ2) is 8.39. The zero-order valence-corrected chi connectivity index (χ0v) is 17.3. The summed E-state index contributed by atoms with van der Waals surface area (Å²) in [6.45, 7) is 0. The van der Waals surface area contributed by atoms with Crippen LogP contribution in [0.5, 0.6) is 0 Å². The number of esters is 1. The van der Waals surface area contributed by atoms with Crippen LogP contribution in [0.3, 0.4) is 0 Å². The van der Waals surface area contributed by atoms with Gasteiger partial charge in [-0.1, -0.05) is 42.5 Å². The van der Waals surface area contributed by atoms with Crippen LogP contribution in [0.25, 0.3) is 33.4 Å². The number of H-pyrrole nitrogens is 1. The molecule has 3 aromatic heterocycles. The number of benzene rings is 2. The molecule has 0 fully saturated rings. The number of rotatable bonds is 5. The van der Waals surface area contributed by atoms with Crippen molar-refractivity contribution in [3.63, 3.8) is 0 Å². The summed E-state index contributed by atoms with van der Waals surface area (Å²) in [5.41, 5.74) is 5.69. The van der Waals surface area contributed by atoms with Gasteiger partial charge in [0.1, 0.15) is 11.4 Å². The lowest BCUT2D eigenvalue weighted by molar-refractivity contribution is 0.0601. The number of aromatic nitrogens is 5. The van der Waals surface area contributed by atoms with Gasteiger partial charge in [-0.05, 0) is 23.8 Å². The molecule has 1 N–H and O–H groups in total. The number of methoxy groups -OCH3 is 1. The average molecular weight is 421 g/mol. The Labute approximate surface area is 184 Å². The first-order chi connectivity index (χ1) is 15.7. The number of ether oxygens (including phenoxy) is 1. The maximum atomic E-state index is 11.8. The number of nitrogens with one attached hydrogen (secondary N) is 1. The predicted octanol–water partition coefficient (Wildman–Crippen LogP) is 4.46. The molecule has 0 saturated heterocycles. The fourth-order valence-corrected chi connectivity index (χ4v) is 3.66. The van der Waals surface area contributed by atoms with Crippen molar-refractivity contribution < 1.29 is 9.53 Å². The zero-order chi connectivity index (χ0) is 21.9. The summed E-state index contributed by atoms with van der Waals surface area (Å²) in [5, 5.41) is 10.0. The van der Waals surface area contributed by atoms with Crippen molar-refractivity contribution in [3.05, 3.63) is 96.2 Å². The van der Waals surface area contributed by atoms with Gasteiger partial charge in [0.25, 0.3) is 0 Å². The van der Waals surface area contributed by atoms with E-state index >= 15 is 0 Å². The van der Waals surface area contributed by atoms with Gasteiger partial charge in [0.15, 0.2) is 5.82 Å². The molecule has 3 heterocycles. The Morgan fingerprint density at radius 2 is 1.72 bits per heavy atom. The third-order valence-corrected chi connectivity index (χ3v) is 5.27. The highest BCUT2D eigenvalue weighted by Gasteiger charge is 2.16. The fourth-order valence-electron chi connectivity index (χ4n) is 3.66. The van der Waals surface area contributed by atoms with Crippen LogP contribution in [-0.2, 0) is 11.2 Å². The number of pyridine rings is 1. The standard InChI is InChI=1S/C25H19N5O2/c1-32-25(31)18-9-7-17(8-10-18)24-23(16-5-3-2-4-6-16)28-22(29-30-24)13-19-14-27-21-15-26-12-11-20(19)21/h2-12,14-15,27H,13H2,1H3. The van der Waals surface area contributed by atoms with Crippen molar-refractivity contribution in [1.82, 2.24) is 25.1 Å². The van der Waals surface area contributed by atoms with Crippen molar-refractivity contribution in [2.24, 2.45) is 0 Å². The minimum atomic E-state index is -0.381. The summed E-state index contributed by atoms with van der Waals surface area (Å²) in [7, 11) is 1.36. The van der Waals surface area contributed by atoms with Crippen LogP contribution in [0.2, 0.25) is 0 Å². The van der Waals surface area contributed by atoms with E-state index in [1.54, 1.807) is 24.5 Å². The smallest absolute Gasteiger partial charge is 0.337 e. The Balaban J connectivity index is 1.56. The summed E-state index contributed by atoms with van der Waals surface area (Å²) < 4.78 is 4.79. The molecule has 0 unspecified atom stereocenters. The topological polar surface area (TPSA) is 93.7 Å². The van der Waals surface area contributed by atoms with E-state index in [2.05, 4.69) is 20.2 Å². The molecule has 0 spiro atoms. The maximum absolute atomic E-state index is 11.8. The van der Waals surface area contributed by atoms with Crippen molar-refractivity contribution in [2.75, 3.05) is 7.11 Å². The highest BCUT2D eigenvalue weighted by Crippen LogP contribution is 2.29. The number of fused-ring (bicyclic) bond motifs is 1. The first-order valence-electron chi connectivity index (χ1n) is 10.1. The second-order valence-corrected chi connectivity index (χ2v) is 7.27. The Morgan fingerprint density at radius 3 is 2.50 bits per heavy atom. The van der Waals surface area contributed by atoms with Crippen LogP contribution >= 0.6 is 0 Å². The first-order valence-corrected chi connectivity index (χ1v) is 10.1. The van der Waals surface area contributed by atoms with Gasteiger partial charge in [-0.2, -0.15) is 0 Å². The van der Waals surface area contributed by atoms with Crippen LogP contribution in [0, 0.1) is 0 Å². The van der Waals surface area contributed by atoms with E-state index in [4.69, 9.17) is 9.72 Å². The van der Waals surface area contributed by atoms with Gasteiger partial charge in [0.2, 0.25) is 0 Å². The second-order valence-electron chi connectivity index (χ2n) is 7.27. The molecule has 0 aliphatic heterocycles. The van der Waals surface area contributed by atoms with Gasteiger partial charge in [-0.25, -0.2) is 9.78 Å². The molecule has 5 rings (SSSR count). The average Bonchev–Trinajstić information content (AvgIpc) is 3.27. The van der Waals surface area contributed by atoms with Crippen molar-refractivity contribution in [2.45, 2.75) is 6.42 Å². The molecule has 2 aromatic carbocycles. The zero-order valence-electron chi connectivity index (χ0n) is 17.3. The number of carbonyl (C=O) groups is 1. The lowest BCUT2D eigenvalue weighted by Crippen LogP contribution is -2.04. The van der Waals surface area contributed by atoms with E-state index in [1.807, 2.05) is 54.7 Å². The van der Waals surface area contributed by atoms with Crippen molar-refractivity contribution in [3.8, 4) is 22.5 Å². The van der Waals surface area contributed by atoms with Crippen molar-refractivity contribution in [1.29, 1.82) is 0 Å². The Hall–Kier alpha value is -4.39. The molecule has 156 valence electrons. The lowest BCUT2D eigenvalue weighted by Gasteiger charge is -2.10. The van der Waals surface area contributed by atoms with Gasteiger partial charge in [0.05, 0.1) is 24.4 Å². The van der Waals surface area contributed by atoms with Gasteiger partial charge in [-0.15, -0.1) is 10.2 Å². The molecule has 0 bridgehead atoms. The first kappa shape index (κ1) is 19.6. The van der Waals surface area contributed by atoms with Gasteiger partial charge in [-0.3, -0.25) is 4.98 Å². The van der Waals surface area contributed by atoms with E-state index in [9.17, 15) is 4.79 Å². The highest BCUT2D eigenvalue weighted by atomic mass is 16.5. The quantitative estimate of drug-likeness (QED) is 0.421. The van der Waals surface area contributed by atoms with E-state index < -0.39 is 0 Å². The Kier molecular flexibility index (Phi) is 5.13. The van der Waals surface area contributed by atoms with E-state index in [1.165, 1.54) is 7.11 Å². The number of nitrogens with zero attached hydrogens (tertiary/aromatic N) is 4. The van der Waals surface area contributed by atoms with Crippen LogP contribution in [0.15, 0.2) is 79.3 Å². The van der Waals surface area contributed by atoms with E-state index in [-0.39, 0.29) is 5.97 Å². The molecule has 7 nitrogen and oxygen atoms in total. The summed E-state index contributed by atoms with van der Waals surface area (Å²) >= 11 is 0. The predicted molar refractivity (Wildman–Crippen MR) is 121 cm³/mol. The number of hydrogen-bond acceptors (Lipinski definition) is 6. The van der Waals surface area contributed by atoms with Crippen LogP contribution in [0.1, 0.15) is 21.7 Å². The minimum Gasteiger partial charge on any atom is -0.465 e. The summed E-state index contributed by atoms with van der Waals surface area (Å²) in [5.74, 6) is 0.241. The van der Waals surface area contributed by atoms with Crippen LogP contribution < -0.4 is 0 Å². The number of hydrogen-bond donors (Lipinski definition) is 1. The largest absolute Gasteiger partial charge is 0.465 e. The third kappa shape index (κ3) is 3.72. The molecule has 0 aliphatic carbocycles. The number of carbonyl (C=O) groups excluding carboxylic acids is 1. The minimum absolute atomic E-state index is 0.381. The molecule has 0 amide bonds. The maximum Gasteiger partial charge on any atom is 0.337 e. The summed E-state index contributed by atoms with van der Waals surface area (Å²) in [6.07, 6.45) is 6.07. The molecular weight excluding hydrogens is 402 g/mol.